The molecule has 2 heterocycles. The largest absolute Gasteiger partial charge is 0.381 e. The van der Waals surface area contributed by atoms with Crippen LogP contribution in [0.15, 0.2) is 5.16 Å². The lowest BCUT2D eigenvalue weighted by Gasteiger charge is -2.27. The van der Waals surface area contributed by atoms with Gasteiger partial charge in [0.2, 0.25) is 5.95 Å². The van der Waals surface area contributed by atoms with Crippen LogP contribution in [0.4, 0.5) is 5.95 Å². The van der Waals surface area contributed by atoms with Crippen molar-refractivity contribution in [3.8, 4) is 0 Å². The summed E-state index contributed by atoms with van der Waals surface area (Å²) in [7, 11) is 0. The van der Waals surface area contributed by atoms with Crippen molar-refractivity contribution in [3.05, 3.63) is 0 Å². The van der Waals surface area contributed by atoms with Gasteiger partial charge in [0.05, 0.1) is 19.8 Å². The highest BCUT2D eigenvalue weighted by atomic mass is 32.2. The first-order valence-electron chi connectivity index (χ1n) is 6.83. The van der Waals surface area contributed by atoms with Crippen molar-refractivity contribution in [3.63, 3.8) is 0 Å². The minimum Gasteiger partial charge on any atom is -0.381 e. The molecule has 0 saturated carbocycles. The second kappa shape index (κ2) is 7.72. The second-order valence-electron chi connectivity index (χ2n) is 4.17. The molecule has 1 aromatic rings. The summed E-state index contributed by atoms with van der Waals surface area (Å²) in [5.74, 6) is 1.87. The molecule has 19 heavy (non-hydrogen) atoms. The van der Waals surface area contributed by atoms with E-state index in [0.29, 0.717) is 0 Å². The molecule has 2 rings (SSSR count). The first kappa shape index (κ1) is 14.6. The number of ether oxygens (including phenoxy) is 2. The molecule has 0 radical (unpaired) electrons. The number of nitrogens with zero attached hydrogens (tertiary/aromatic N) is 4. The summed E-state index contributed by atoms with van der Waals surface area (Å²) < 4.78 is 12.9. The van der Waals surface area contributed by atoms with E-state index in [0.717, 1.165) is 62.9 Å². The maximum absolute atomic E-state index is 5.37. The van der Waals surface area contributed by atoms with E-state index < -0.39 is 0 Å². The molecular weight excluding hydrogens is 264 g/mol. The smallest absolute Gasteiger partial charge is 0.228 e. The van der Waals surface area contributed by atoms with Gasteiger partial charge < -0.3 is 14.4 Å². The number of anilines is 1. The van der Waals surface area contributed by atoms with Crippen LogP contribution in [-0.4, -0.2) is 60.0 Å². The number of hydrogen-bond donors (Lipinski definition) is 0. The Bertz CT molecular complexity index is 380. The Morgan fingerprint density at radius 2 is 2.05 bits per heavy atom. The van der Waals surface area contributed by atoms with Crippen LogP contribution in [0.3, 0.4) is 0 Å². The lowest BCUT2D eigenvalue weighted by Crippen LogP contribution is -2.38. The van der Waals surface area contributed by atoms with E-state index >= 15 is 0 Å². The van der Waals surface area contributed by atoms with Crippen molar-refractivity contribution in [2.45, 2.75) is 25.5 Å². The average molecular weight is 286 g/mol. The van der Waals surface area contributed by atoms with Crippen LogP contribution in [0.1, 0.15) is 13.8 Å². The van der Waals surface area contributed by atoms with Gasteiger partial charge in [0.25, 0.3) is 0 Å². The zero-order chi connectivity index (χ0) is 13.5. The molecule has 0 unspecified atom stereocenters. The van der Waals surface area contributed by atoms with Crippen LogP contribution < -0.4 is 4.90 Å². The summed E-state index contributed by atoms with van der Waals surface area (Å²) in [6, 6.07) is 0. The Morgan fingerprint density at radius 1 is 1.26 bits per heavy atom. The van der Waals surface area contributed by atoms with Gasteiger partial charge in [0.1, 0.15) is 0 Å². The van der Waals surface area contributed by atoms with Gasteiger partial charge in [-0.3, -0.25) is 4.57 Å². The fraction of sp³-hybridized carbons (Fsp3) is 0.833. The molecule has 6 nitrogen and oxygen atoms in total. The van der Waals surface area contributed by atoms with Gasteiger partial charge >= 0.3 is 0 Å². The third-order valence-corrected chi connectivity index (χ3v) is 3.90. The molecule has 1 aromatic heterocycles. The summed E-state index contributed by atoms with van der Waals surface area (Å²) in [6.45, 7) is 9.85. The first-order valence-corrected chi connectivity index (χ1v) is 7.81. The highest BCUT2D eigenvalue weighted by Crippen LogP contribution is 2.22. The average Bonchev–Trinajstić information content (AvgIpc) is 2.87. The van der Waals surface area contributed by atoms with Crippen molar-refractivity contribution in [2.75, 3.05) is 50.2 Å². The fourth-order valence-electron chi connectivity index (χ4n) is 2.00. The molecule has 0 aromatic carbocycles. The van der Waals surface area contributed by atoms with Crippen LogP contribution in [0.2, 0.25) is 0 Å². The van der Waals surface area contributed by atoms with Crippen LogP contribution in [0.25, 0.3) is 0 Å². The fourth-order valence-corrected chi connectivity index (χ4v) is 2.85. The van der Waals surface area contributed by atoms with Crippen LogP contribution in [0.5, 0.6) is 0 Å². The molecule has 0 N–H and O–H groups in total. The molecule has 7 heteroatoms. The number of thioether (sulfide) groups is 1. The Hall–Kier alpha value is -0.790. The first-order chi connectivity index (χ1) is 9.36. The maximum atomic E-state index is 5.37. The molecule has 0 atom stereocenters. The Balaban J connectivity index is 1.98. The van der Waals surface area contributed by atoms with Crippen molar-refractivity contribution in [1.29, 1.82) is 0 Å². The summed E-state index contributed by atoms with van der Waals surface area (Å²) in [5.41, 5.74) is 0. The van der Waals surface area contributed by atoms with Crippen LogP contribution >= 0.6 is 11.8 Å². The third-order valence-electron chi connectivity index (χ3n) is 2.97. The minimum absolute atomic E-state index is 0.755. The van der Waals surface area contributed by atoms with E-state index in [-0.39, 0.29) is 0 Å². The van der Waals surface area contributed by atoms with E-state index in [2.05, 4.69) is 26.6 Å². The zero-order valence-electron chi connectivity index (χ0n) is 11.7. The Morgan fingerprint density at radius 3 is 2.74 bits per heavy atom. The summed E-state index contributed by atoms with van der Waals surface area (Å²) in [4.78, 5) is 2.24. The Labute approximate surface area is 118 Å². The topological polar surface area (TPSA) is 52.4 Å². The standard InChI is InChI=1S/C12H22N4O2S/c1-3-16-11(15-5-7-18-8-6-15)13-14-12(16)19-10-9-17-4-2/h3-10H2,1-2H3. The third kappa shape index (κ3) is 3.84. The molecule has 0 spiro atoms. The van der Waals surface area contributed by atoms with Crippen molar-refractivity contribution < 1.29 is 9.47 Å². The van der Waals surface area contributed by atoms with Crippen LogP contribution in [0, 0.1) is 0 Å². The van der Waals surface area contributed by atoms with E-state index in [1.54, 1.807) is 11.8 Å². The Kier molecular flexibility index (Phi) is 5.93. The quantitative estimate of drug-likeness (QED) is 0.556. The number of aromatic nitrogens is 3. The predicted octanol–water partition coefficient (Wildman–Crippen LogP) is 1.26. The lowest BCUT2D eigenvalue weighted by molar-refractivity contribution is 0.121. The molecule has 1 aliphatic heterocycles. The van der Waals surface area contributed by atoms with Crippen molar-refractivity contribution in [2.24, 2.45) is 0 Å². The molecule has 0 bridgehead atoms. The lowest BCUT2D eigenvalue weighted by atomic mass is 10.4. The van der Waals surface area contributed by atoms with Crippen molar-refractivity contribution >= 4 is 17.7 Å². The van der Waals surface area contributed by atoms with Gasteiger partial charge in [-0.05, 0) is 13.8 Å². The molecule has 0 amide bonds. The van der Waals surface area contributed by atoms with E-state index in [1.165, 1.54) is 0 Å². The van der Waals surface area contributed by atoms with Gasteiger partial charge in [-0.15, -0.1) is 10.2 Å². The summed E-state index contributed by atoms with van der Waals surface area (Å²) in [5, 5.41) is 9.60. The summed E-state index contributed by atoms with van der Waals surface area (Å²) in [6.07, 6.45) is 0. The SMILES string of the molecule is CCOCCSc1nnc(N2CCOCC2)n1CC. The molecule has 1 aliphatic rings. The van der Waals surface area contributed by atoms with Gasteiger partial charge in [0.15, 0.2) is 5.16 Å². The summed E-state index contributed by atoms with van der Waals surface area (Å²) >= 11 is 1.70. The molecule has 0 aliphatic carbocycles. The number of morpholine rings is 1. The van der Waals surface area contributed by atoms with Gasteiger partial charge in [-0.1, -0.05) is 11.8 Å². The predicted molar refractivity (Wildman–Crippen MR) is 75.9 cm³/mol. The highest BCUT2D eigenvalue weighted by molar-refractivity contribution is 7.99. The van der Waals surface area contributed by atoms with Gasteiger partial charge in [-0.25, -0.2) is 0 Å². The number of rotatable bonds is 7. The number of hydrogen-bond acceptors (Lipinski definition) is 6. The molecule has 108 valence electrons. The van der Waals surface area contributed by atoms with E-state index in [4.69, 9.17) is 9.47 Å². The molecular formula is C12H22N4O2S. The van der Waals surface area contributed by atoms with Gasteiger partial charge in [-0.2, -0.15) is 0 Å². The molecule has 1 saturated heterocycles. The van der Waals surface area contributed by atoms with E-state index in [9.17, 15) is 0 Å². The highest BCUT2D eigenvalue weighted by Gasteiger charge is 2.19. The molecule has 1 fully saturated rings. The monoisotopic (exact) mass is 286 g/mol. The minimum atomic E-state index is 0.755. The zero-order valence-corrected chi connectivity index (χ0v) is 12.5. The van der Waals surface area contributed by atoms with Crippen molar-refractivity contribution in [1.82, 2.24) is 14.8 Å². The second-order valence-corrected chi connectivity index (χ2v) is 5.23. The van der Waals surface area contributed by atoms with Gasteiger partial charge in [0, 0.05) is 32.0 Å². The van der Waals surface area contributed by atoms with E-state index in [1.807, 2.05) is 6.92 Å². The van der Waals surface area contributed by atoms with Crippen LogP contribution in [-0.2, 0) is 16.0 Å². The normalized spacial score (nSPS) is 16.0. The maximum Gasteiger partial charge on any atom is 0.228 e.